The number of hydrogen-bond acceptors (Lipinski definition) is 5. The summed E-state index contributed by atoms with van der Waals surface area (Å²) in [5.74, 6) is 1.13. The molecule has 1 aromatic rings. The molecule has 5 heteroatoms. The average Bonchev–Trinajstić information content (AvgIpc) is 2.43. The smallest absolute Gasteiger partial charge is 0.313 e. The summed E-state index contributed by atoms with van der Waals surface area (Å²) in [7, 11) is 4.58. The summed E-state index contributed by atoms with van der Waals surface area (Å²) in [6, 6.07) is 5.47. The van der Waals surface area contributed by atoms with Gasteiger partial charge in [0.15, 0.2) is 0 Å². The lowest BCUT2D eigenvalue weighted by Gasteiger charge is -2.23. The fourth-order valence-electron chi connectivity index (χ4n) is 1.61. The molecule has 0 bridgehead atoms. The molecule has 1 rings (SSSR count). The first kappa shape index (κ1) is 15.1. The average molecular weight is 267 g/mol. The van der Waals surface area contributed by atoms with E-state index in [9.17, 15) is 4.79 Å². The van der Waals surface area contributed by atoms with Gasteiger partial charge in [-0.25, -0.2) is 0 Å². The molecule has 0 heterocycles. The second-order valence-electron chi connectivity index (χ2n) is 4.80. The van der Waals surface area contributed by atoms with Crippen molar-refractivity contribution in [3.8, 4) is 11.5 Å². The van der Waals surface area contributed by atoms with E-state index in [1.807, 2.05) is 26.0 Å². The Morgan fingerprint density at radius 3 is 2.42 bits per heavy atom. The Morgan fingerprint density at radius 2 is 1.89 bits per heavy atom. The molecule has 0 saturated carbocycles. The quantitative estimate of drug-likeness (QED) is 0.802. The Bertz CT molecular complexity index is 443. The minimum Gasteiger partial charge on any atom is -0.497 e. The van der Waals surface area contributed by atoms with Gasteiger partial charge in [-0.3, -0.25) is 4.79 Å². The number of esters is 1. The Hall–Kier alpha value is -1.91. The molecule has 0 aliphatic heterocycles. The highest BCUT2D eigenvalue weighted by molar-refractivity contribution is 5.76. The number of nitrogens with one attached hydrogen (secondary N) is 1. The van der Waals surface area contributed by atoms with Gasteiger partial charge in [-0.05, 0) is 26.0 Å². The molecule has 0 aliphatic carbocycles. The van der Waals surface area contributed by atoms with Crippen LogP contribution in [-0.4, -0.2) is 33.8 Å². The number of anilines is 1. The SMILES string of the molecule is COC(=O)C(C)(C)CNc1ccc(OC)cc1OC. The largest absolute Gasteiger partial charge is 0.497 e. The summed E-state index contributed by atoms with van der Waals surface area (Å²) in [5.41, 5.74) is 0.194. The highest BCUT2D eigenvalue weighted by Gasteiger charge is 2.28. The fraction of sp³-hybridized carbons (Fsp3) is 0.500. The van der Waals surface area contributed by atoms with Gasteiger partial charge >= 0.3 is 5.97 Å². The zero-order valence-corrected chi connectivity index (χ0v) is 12.1. The van der Waals surface area contributed by atoms with Gasteiger partial charge in [0.25, 0.3) is 0 Å². The van der Waals surface area contributed by atoms with Crippen molar-refractivity contribution in [2.45, 2.75) is 13.8 Å². The molecule has 0 amide bonds. The van der Waals surface area contributed by atoms with Crippen LogP contribution in [0, 0.1) is 5.41 Å². The Kier molecular flexibility index (Phi) is 5.03. The maximum atomic E-state index is 11.6. The molecule has 5 nitrogen and oxygen atoms in total. The summed E-state index contributed by atoms with van der Waals surface area (Å²) in [4.78, 5) is 11.6. The van der Waals surface area contributed by atoms with Crippen molar-refractivity contribution in [1.29, 1.82) is 0 Å². The van der Waals surface area contributed by atoms with Gasteiger partial charge in [-0.2, -0.15) is 0 Å². The molecule has 0 unspecified atom stereocenters. The van der Waals surface area contributed by atoms with Crippen molar-refractivity contribution in [3.63, 3.8) is 0 Å². The normalized spacial score (nSPS) is 10.8. The molecular weight excluding hydrogens is 246 g/mol. The zero-order chi connectivity index (χ0) is 14.5. The van der Waals surface area contributed by atoms with Crippen LogP contribution in [0.2, 0.25) is 0 Å². The Labute approximate surface area is 113 Å². The molecule has 1 N–H and O–H groups in total. The minimum absolute atomic E-state index is 0.257. The standard InChI is InChI=1S/C14H21NO4/c1-14(2,13(16)19-5)9-15-11-7-6-10(17-3)8-12(11)18-4/h6-8,15H,9H2,1-5H3. The first-order valence-corrected chi connectivity index (χ1v) is 5.99. The van der Waals surface area contributed by atoms with E-state index in [0.717, 1.165) is 11.4 Å². The fourth-order valence-corrected chi connectivity index (χ4v) is 1.61. The molecule has 0 aliphatic rings. The van der Waals surface area contributed by atoms with E-state index in [-0.39, 0.29) is 5.97 Å². The number of carbonyl (C=O) groups excluding carboxylic acids is 1. The minimum atomic E-state index is -0.611. The van der Waals surface area contributed by atoms with Crippen LogP contribution in [0.25, 0.3) is 0 Å². The predicted octanol–water partition coefficient (Wildman–Crippen LogP) is 2.31. The first-order chi connectivity index (χ1) is 8.94. The highest BCUT2D eigenvalue weighted by Crippen LogP contribution is 2.30. The van der Waals surface area contributed by atoms with Gasteiger partial charge in [0.2, 0.25) is 0 Å². The molecule has 19 heavy (non-hydrogen) atoms. The number of rotatable bonds is 6. The Morgan fingerprint density at radius 1 is 1.21 bits per heavy atom. The molecule has 0 spiro atoms. The van der Waals surface area contributed by atoms with Crippen LogP contribution >= 0.6 is 0 Å². The van der Waals surface area contributed by atoms with Gasteiger partial charge < -0.3 is 19.5 Å². The summed E-state index contributed by atoms with van der Waals surface area (Å²) in [6.45, 7) is 4.09. The summed E-state index contributed by atoms with van der Waals surface area (Å²) in [5, 5.41) is 3.19. The van der Waals surface area contributed by atoms with Crippen LogP contribution in [-0.2, 0) is 9.53 Å². The summed E-state index contributed by atoms with van der Waals surface area (Å²) >= 11 is 0. The zero-order valence-electron chi connectivity index (χ0n) is 12.1. The van der Waals surface area contributed by atoms with Gasteiger partial charge in [0.05, 0.1) is 32.4 Å². The van der Waals surface area contributed by atoms with Crippen LogP contribution in [0.5, 0.6) is 11.5 Å². The van der Waals surface area contributed by atoms with E-state index in [1.54, 1.807) is 20.3 Å². The molecule has 0 fully saturated rings. The molecule has 0 aromatic heterocycles. The van der Waals surface area contributed by atoms with E-state index in [0.29, 0.717) is 12.3 Å². The van der Waals surface area contributed by atoms with Crippen molar-refractivity contribution in [2.24, 2.45) is 5.41 Å². The number of hydrogen-bond donors (Lipinski definition) is 1. The summed E-state index contributed by atoms with van der Waals surface area (Å²) < 4.78 is 15.2. The van der Waals surface area contributed by atoms with Crippen molar-refractivity contribution in [2.75, 3.05) is 33.2 Å². The van der Waals surface area contributed by atoms with E-state index in [4.69, 9.17) is 14.2 Å². The third-order valence-corrected chi connectivity index (χ3v) is 2.87. The molecule has 106 valence electrons. The molecule has 1 aromatic carbocycles. The second kappa shape index (κ2) is 6.31. The van der Waals surface area contributed by atoms with Crippen molar-refractivity contribution < 1.29 is 19.0 Å². The lowest BCUT2D eigenvalue weighted by atomic mass is 9.93. The molecule has 0 atom stereocenters. The van der Waals surface area contributed by atoms with Crippen LogP contribution in [0.3, 0.4) is 0 Å². The molecule has 0 radical (unpaired) electrons. The van der Waals surface area contributed by atoms with Gasteiger partial charge in [-0.15, -0.1) is 0 Å². The van der Waals surface area contributed by atoms with Crippen molar-refractivity contribution in [1.82, 2.24) is 0 Å². The van der Waals surface area contributed by atoms with Gasteiger partial charge in [-0.1, -0.05) is 0 Å². The number of ether oxygens (including phenoxy) is 3. The predicted molar refractivity (Wildman–Crippen MR) is 73.8 cm³/mol. The van der Waals surface area contributed by atoms with Crippen LogP contribution < -0.4 is 14.8 Å². The van der Waals surface area contributed by atoms with E-state index in [1.165, 1.54) is 7.11 Å². The monoisotopic (exact) mass is 267 g/mol. The van der Waals surface area contributed by atoms with E-state index >= 15 is 0 Å². The maximum absolute atomic E-state index is 11.6. The Balaban J connectivity index is 2.80. The van der Waals surface area contributed by atoms with E-state index < -0.39 is 5.41 Å². The van der Waals surface area contributed by atoms with E-state index in [2.05, 4.69) is 5.32 Å². The topological polar surface area (TPSA) is 56.8 Å². The van der Waals surface area contributed by atoms with Crippen LogP contribution in [0.15, 0.2) is 18.2 Å². The lowest BCUT2D eigenvalue weighted by molar-refractivity contribution is -0.149. The summed E-state index contributed by atoms with van der Waals surface area (Å²) in [6.07, 6.45) is 0. The number of benzene rings is 1. The van der Waals surface area contributed by atoms with Crippen LogP contribution in [0.4, 0.5) is 5.69 Å². The molecule has 0 saturated heterocycles. The first-order valence-electron chi connectivity index (χ1n) is 5.99. The third kappa shape index (κ3) is 3.77. The second-order valence-corrected chi connectivity index (χ2v) is 4.80. The third-order valence-electron chi connectivity index (χ3n) is 2.87. The van der Waals surface area contributed by atoms with Gasteiger partial charge in [0, 0.05) is 12.6 Å². The lowest BCUT2D eigenvalue weighted by Crippen LogP contribution is -2.33. The highest BCUT2D eigenvalue weighted by atomic mass is 16.5. The van der Waals surface area contributed by atoms with Crippen molar-refractivity contribution in [3.05, 3.63) is 18.2 Å². The molecular formula is C14H21NO4. The number of methoxy groups -OCH3 is 3. The van der Waals surface area contributed by atoms with Crippen LogP contribution in [0.1, 0.15) is 13.8 Å². The van der Waals surface area contributed by atoms with Gasteiger partial charge in [0.1, 0.15) is 11.5 Å². The number of carbonyl (C=O) groups is 1. The van der Waals surface area contributed by atoms with Crippen molar-refractivity contribution >= 4 is 11.7 Å². The maximum Gasteiger partial charge on any atom is 0.313 e.